The second-order valence-electron chi connectivity index (χ2n) is 10.8. The maximum atomic E-state index is 12.8. The Bertz CT molecular complexity index is 1380. The lowest BCUT2D eigenvalue weighted by Gasteiger charge is -2.36. The van der Waals surface area contributed by atoms with E-state index in [1.165, 1.54) is 29.5 Å². The Morgan fingerprint density at radius 3 is 2.81 bits per heavy atom. The molecule has 184 valence electrons. The largest absolute Gasteiger partial charge is 0.348 e. The van der Waals surface area contributed by atoms with Crippen LogP contribution >= 0.6 is 11.6 Å². The molecule has 3 aromatic rings. The number of fused-ring (bicyclic) bond motifs is 2. The van der Waals surface area contributed by atoms with Gasteiger partial charge in [-0.25, -0.2) is 4.68 Å². The molecule has 0 bridgehead atoms. The van der Waals surface area contributed by atoms with Gasteiger partial charge in [-0.3, -0.25) is 4.79 Å². The van der Waals surface area contributed by atoms with Gasteiger partial charge in [-0.2, -0.15) is 5.26 Å². The minimum absolute atomic E-state index is 0.0212. The Morgan fingerprint density at radius 2 is 2.06 bits per heavy atom. The van der Waals surface area contributed by atoms with Crippen molar-refractivity contribution in [3.05, 3.63) is 81.1 Å². The average molecular weight is 501 g/mol. The number of nitrogens with zero attached hydrogens (tertiary/aromatic N) is 5. The van der Waals surface area contributed by atoms with E-state index in [0.29, 0.717) is 21.7 Å². The second-order valence-corrected chi connectivity index (χ2v) is 11.2. The van der Waals surface area contributed by atoms with Crippen LogP contribution in [-0.2, 0) is 12.0 Å². The van der Waals surface area contributed by atoms with E-state index in [9.17, 15) is 10.1 Å². The molecule has 0 saturated heterocycles. The van der Waals surface area contributed by atoms with Crippen molar-refractivity contribution in [2.75, 3.05) is 13.6 Å². The Morgan fingerprint density at radius 1 is 1.25 bits per heavy atom. The van der Waals surface area contributed by atoms with Gasteiger partial charge in [0, 0.05) is 29.6 Å². The van der Waals surface area contributed by atoms with Crippen LogP contribution in [0.25, 0.3) is 0 Å². The van der Waals surface area contributed by atoms with Crippen LogP contribution in [0.4, 0.5) is 0 Å². The van der Waals surface area contributed by atoms with Gasteiger partial charge in [0.05, 0.1) is 23.9 Å². The van der Waals surface area contributed by atoms with Crippen LogP contribution < -0.4 is 5.32 Å². The van der Waals surface area contributed by atoms with Crippen LogP contribution in [0.2, 0.25) is 5.02 Å². The summed E-state index contributed by atoms with van der Waals surface area (Å²) in [5.74, 6) is 0.00317. The van der Waals surface area contributed by atoms with Gasteiger partial charge in [-0.1, -0.05) is 35.0 Å². The number of likely N-dealkylation sites (N-methyl/N-ethyl adjacent to an activating group) is 1. The van der Waals surface area contributed by atoms with Crippen molar-refractivity contribution in [2.24, 2.45) is 0 Å². The number of aromatic nitrogens is 3. The third-order valence-corrected chi connectivity index (χ3v) is 8.47. The molecule has 7 nitrogen and oxygen atoms in total. The molecule has 0 radical (unpaired) electrons. The van der Waals surface area contributed by atoms with Gasteiger partial charge in [-0.05, 0) is 86.0 Å². The van der Waals surface area contributed by atoms with Gasteiger partial charge in [0.25, 0.3) is 5.91 Å². The third-order valence-electron chi connectivity index (χ3n) is 8.24. The maximum absolute atomic E-state index is 12.8. The quantitative estimate of drug-likeness (QED) is 0.554. The predicted octanol–water partition coefficient (Wildman–Crippen LogP) is 4.57. The van der Waals surface area contributed by atoms with Crippen molar-refractivity contribution in [2.45, 2.75) is 62.6 Å². The average Bonchev–Trinajstić information content (AvgIpc) is 3.41. The lowest BCUT2D eigenvalue weighted by atomic mass is 9.74. The van der Waals surface area contributed by atoms with E-state index in [2.05, 4.69) is 58.8 Å². The van der Waals surface area contributed by atoms with Gasteiger partial charge in [0.2, 0.25) is 0 Å². The molecule has 6 rings (SSSR count). The fourth-order valence-electron chi connectivity index (χ4n) is 5.99. The highest BCUT2D eigenvalue weighted by atomic mass is 35.5. The fraction of sp³-hybridized carbons (Fsp3) is 0.429. The third kappa shape index (κ3) is 4.08. The summed E-state index contributed by atoms with van der Waals surface area (Å²) in [6.45, 7) is 4.21. The first-order valence-corrected chi connectivity index (χ1v) is 13.0. The van der Waals surface area contributed by atoms with Crippen molar-refractivity contribution < 1.29 is 4.79 Å². The van der Waals surface area contributed by atoms with Crippen molar-refractivity contribution in [1.29, 1.82) is 5.26 Å². The van der Waals surface area contributed by atoms with Gasteiger partial charge < -0.3 is 10.2 Å². The molecular formula is C28H29ClN6O. The predicted molar refractivity (Wildman–Crippen MR) is 137 cm³/mol. The molecule has 1 atom stereocenters. The number of amides is 1. The molecule has 36 heavy (non-hydrogen) atoms. The molecule has 0 unspecified atom stereocenters. The zero-order valence-electron chi connectivity index (χ0n) is 20.5. The molecule has 2 aromatic carbocycles. The number of halogens is 1. The molecule has 1 N–H and O–H groups in total. The zero-order chi connectivity index (χ0) is 25.0. The standard InChI is InChI=1S/C28H29ClN6O/c1-17(18-4-6-25-21(9-18)14-34(2)16-28(25)7-8-28)35-15-26(32-33-35)27(36)31-23-10-20(11-23)24-12-22(29)5-3-19(24)13-30/h3-6,9,12,15,17,20,23H,7-8,10-11,14,16H2,1-2H3,(H,31,36)/t17-,20?,23?/m0/s1. The highest BCUT2D eigenvalue weighted by molar-refractivity contribution is 6.30. The fourth-order valence-corrected chi connectivity index (χ4v) is 6.17. The zero-order valence-corrected chi connectivity index (χ0v) is 21.3. The number of hydrogen-bond donors (Lipinski definition) is 1. The summed E-state index contributed by atoms with van der Waals surface area (Å²) in [7, 11) is 2.20. The molecule has 1 spiro atoms. The van der Waals surface area contributed by atoms with Gasteiger partial charge in [0.1, 0.15) is 0 Å². The summed E-state index contributed by atoms with van der Waals surface area (Å²) in [5.41, 5.74) is 6.38. The normalized spacial score (nSPS) is 22.8. The van der Waals surface area contributed by atoms with E-state index >= 15 is 0 Å². The van der Waals surface area contributed by atoms with Crippen LogP contribution in [0, 0.1) is 11.3 Å². The van der Waals surface area contributed by atoms with E-state index in [-0.39, 0.29) is 23.9 Å². The van der Waals surface area contributed by atoms with Crippen LogP contribution in [0.15, 0.2) is 42.6 Å². The van der Waals surface area contributed by atoms with Crippen LogP contribution in [0.5, 0.6) is 0 Å². The molecule has 2 aliphatic carbocycles. The van der Waals surface area contributed by atoms with Crippen molar-refractivity contribution in [3.63, 3.8) is 0 Å². The SMILES string of the molecule is C[C@@H](c1ccc2c(c1)CN(C)CC21CC1)n1cc(C(=O)NC2CC(c3cc(Cl)ccc3C#N)C2)nn1. The lowest BCUT2D eigenvalue weighted by Crippen LogP contribution is -2.43. The Hall–Kier alpha value is -3.21. The number of nitriles is 1. The van der Waals surface area contributed by atoms with Crippen LogP contribution in [0.1, 0.15) is 82.9 Å². The van der Waals surface area contributed by atoms with Gasteiger partial charge in [-0.15, -0.1) is 5.10 Å². The Labute approximate surface area is 216 Å². The number of rotatable bonds is 5. The minimum atomic E-state index is -0.216. The molecular weight excluding hydrogens is 472 g/mol. The number of carbonyl (C=O) groups is 1. The van der Waals surface area contributed by atoms with Crippen molar-refractivity contribution >= 4 is 17.5 Å². The molecule has 1 amide bonds. The summed E-state index contributed by atoms with van der Waals surface area (Å²) in [6.07, 6.45) is 5.84. The van der Waals surface area contributed by atoms with E-state index < -0.39 is 0 Å². The smallest absolute Gasteiger partial charge is 0.273 e. The molecule has 2 fully saturated rings. The van der Waals surface area contributed by atoms with E-state index in [0.717, 1.165) is 31.5 Å². The highest BCUT2D eigenvalue weighted by Gasteiger charge is 2.48. The van der Waals surface area contributed by atoms with E-state index in [1.807, 2.05) is 6.07 Å². The minimum Gasteiger partial charge on any atom is -0.348 e. The summed E-state index contributed by atoms with van der Waals surface area (Å²) in [6, 6.07) is 14.4. The summed E-state index contributed by atoms with van der Waals surface area (Å²) < 4.78 is 1.77. The molecule has 3 aliphatic rings. The van der Waals surface area contributed by atoms with Crippen molar-refractivity contribution in [3.8, 4) is 6.07 Å². The summed E-state index contributed by atoms with van der Waals surface area (Å²) in [5, 5.41) is 21.5. The van der Waals surface area contributed by atoms with E-state index in [1.54, 1.807) is 23.0 Å². The monoisotopic (exact) mass is 500 g/mol. The second kappa shape index (κ2) is 8.72. The first kappa shape index (κ1) is 23.2. The van der Waals surface area contributed by atoms with Crippen LogP contribution in [0.3, 0.4) is 0 Å². The lowest BCUT2D eigenvalue weighted by molar-refractivity contribution is 0.0903. The van der Waals surface area contributed by atoms with Gasteiger partial charge in [0.15, 0.2) is 5.69 Å². The molecule has 2 heterocycles. The number of hydrogen-bond acceptors (Lipinski definition) is 5. The van der Waals surface area contributed by atoms with Crippen LogP contribution in [-0.4, -0.2) is 45.4 Å². The van der Waals surface area contributed by atoms with E-state index in [4.69, 9.17) is 11.6 Å². The Balaban J connectivity index is 1.10. The first-order chi connectivity index (χ1) is 17.3. The highest BCUT2D eigenvalue weighted by Crippen LogP contribution is 2.52. The molecule has 1 aliphatic heterocycles. The van der Waals surface area contributed by atoms with Gasteiger partial charge >= 0.3 is 0 Å². The maximum Gasteiger partial charge on any atom is 0.273 e. The Kier molecular flexibility index (Phi) is 5.62. The number of nitrogens with one attached hydrogen (secondary N) is 1. The molecule has 1 aromatic heterocycles. The topological polar surface area (TPSA) is 86.8 Å². The molecule has 2 saturated carbocycles. The first-order valence-electron chi connectivity index (χ1n) is 12.6. The molecule has 8 heteroatoms. The number of carbonyl (C=O) groups excluding carboxylic acids is 1. The number of benzene rings is 2. The summed E-state index contributed by atoms with van der Waals surface area (Å²) >= 11 is 6.13. The summed E-state index contributed by atoms with van der Waals surface area (Å²) in [4.78, 5) is 15.3. The van der Waals surface area contributed by atoms with Crippen molar-refractivity contribution in [1.82, 2.24) is 25.2 Å².